The number of carbonyl (C=O) groups excluding carboxylic acids is 1. The molecule has 0 aromatic heterocycles. The molecule has 1 atom stereocenters. The topological polar surface area (TPSA) is 32.3 Å². The normalized spacial score (nSPS) is 24.0. The Hall–Kier alpha value is -0.900. The summed E-state index contributed by atoms with van der Waals surface area (Å²) in [5.41, 5.74) is 0. The van der Waals surface area contributed by atoms with Crippen molar-refractivity contribution >= 4 is 5.91 Å². The van der Waals surface area contributed by atoms with Crippen molar-refractivity contribution in [1.29, 1.82) is 0 Å². The molecule has 4 heteroatoms. The standard InChI is InChI=1S/C10H17FN2O/c1-12-10(14)5-3-7-13-6-2-4-9(11)8-13/h3,5,9H,2,4,6-8H2,1H3,(H,12,14)/b5-3+. The molecule has 1 aliphatic heterocycles. The number of hydrogen-bond acceptors (Lipinski definition) is 2. The van der Waals surface area contributed by atoms with Crippen LogP contribution in [0.3, 0.4) is 0 Å². The van der Waals surface area contributed by atoms with Crippen LogP contribution < -0.4 is 5.32 Å². The second-order valence-electron chi connectivity index (χ2n) is 3.52. The van der Waals surface area contributed by atoms with Gasteiger partial charge in [-0.25, -0.2) is 4.39 Å². The van der Waals surface area contributed by atoms with Crippen LogP contribution in [0.5, 0.6) is 0 Å². The fraction of sp³-hybridized carbons (Fsp3) is 0.700. The minimum atomic E-state index is -0.697. The van der Waals surface area contributed by atoms with Gasteiger partial charge < -0.3 is 5.32 Å². The Labute approximate surface area is 84.0 Å². The van der Waals surface area contributed by atoms with Gasteiger partial charge in [-0.3, -0.25) is 9.69 Å². The van der Waals surface area contributed by atoms with Gasteiger partial charge in [0, 0.05) is 26.2 Å². The highest BCUT2D eigenvalue weighted by molar-refractivity contribution is 5.87. The number of halogens is 1. The van der Waals surface area contributed by atoms with Crippen molar-refractivity contribution in [2.45, 2.75) is 19.0 Å². The van der Waals surface area contributed by atoms with Crippen molar-refractivity contribution in [1.82, 2.24) is 10.2 Å². The molecule has 0 saturated carbocycles. The number of piperidine rings is 1. The van der Waals surface area contributed by atoms with E-state index in [2.05, 4.69) is 5.32 Å². The molecule has 1 saturated heterocycles. The summed E-state index contributed by atoms with van der Waals surface area (Å²) in [6.07, 6.45) is 4.15. The summed E-state index contributed by atoms with van der Waals surface area (Å²) in [7, 11) is 1.59. The maximum Gasteiger partial charge on any atom is 0.243 e. The van der Waals surface area contributed by atoms with Gasteiger partial charge in [0.25, 0.3) is 0 Å². The summed E-state index contributed by atoms with van der Waals surface area (Å²) in [5, 5.41) is 2.49. The predicted octanol–water partition coefficient (Wildman–Crippen LogP) is 0.722. The van der Waals surface area contributed by atoms with E-state index in [-0.39, 0.29) is 5.91 Å². The zero-order chi connectivity index (χ0) is 10.4. The Morgan fingerprint density at radius 2 is 2.50 bits per heavy atom. The average molecular weight is 200 g/mol. The molecule has 0 aromatic rings. The van der Waals surface area contributed by atoms with Crippen LogP contribution in [0.15, 0.2) is 12.2 Å². The molecule has 1 N–H and O–H groups in total. The summed E-state index contributed by atoms with van der Waals surface area (Å²) in [5.74, 6) is -0.112. The number of nitrogens with one attached hydrogen (secondary N) is 1. The van der Waals surface area contributed by atoms with Gasteiger partial charge in [0.2, 0.25) is 5.91 Å². The fourth-order valence-electron chi connectivity index (χ4n) is 1.56. The first kappa shape index (κ1) is 11.2. The van der Waals surface area contributed by atoms with Gasteiger partial charge in [0.05, 0.1) is 0 Å². The highest BCUT2D eigenvalue weighted by Crippen LogP contribution is 2.12. The van der Waals surface area contributed by atoms with Crippen LogP contribution in [0.1, 0.15) is 12.8 Å². The largest absolute Gasteiger partial charge is 0.356 e. The van der Waals surface area contributed by atoms with Crippen molar-refractivity contribution in [3.63, 3.8) is 0 Å². The molecule has 14 heavy (non-hydrogen) atoms. The van der Waals surface area contributed by atoms with Gasteiger partial charge in [-0.2, -0.15) is 0 Å². The molecule has 0 spiro atoms. The van der Waals surface area contributed by atoms with Crippen LogP contribution in [-0.4, -0.2) is 43.7 Å². The third kappa shape index (κ3) is 3.87. The van der Waals surface area contributed by atoms with Gasteiger partial charge in [-0.15, -0.1) is 0 Å². The van der Waals surface area contributed by atoms with E-state index in [9.17, 15) is 9.18 Å². The Morgan fingerprint density at radius 1 is 1.71 bits per heavy atom. The van der Waals surface area contributed by atoms with Crippen molar-refractivity contribution in [3.8, 4) is 0 Å². The van der Waals surface area contributed by atoms with Crippen LogP contribution in [-0.2, 0) is 4.79 Å². The van der Waals surface area contributed by atoms with Gasteiger partial charge in [-0.05, 0) is 19.4 Å². The minimum absolute atomic E-state index is 0.112. The first-order valence-corrected chi connectivity index (χ1v) is 4.97. The van der Waals surface area contributed by atoms with Crippen molar-refractivity contribution in [2.24, 2.45) is 0 Å². The van der Waals surface area contributed by atoms with Crippen LogP contribution in [0.4, 0.5) is 4.39 Å². The molecule has 0 bridgehead atoms. The maximum atomic E-state index is 12.9. The Bertz CT molecular complexity index is 218. The molecule has 0 radical (unpaired) electrons. The van der Waals surface area contributed by atoms with Gasteiger partial charge >= 0.3 is 0 Å². The summed E-state index contributed by atoms with van der Waals surface area (Å²) in [6.45, 7) is 2.09. The van der Waals surface area contributed by atoms with E-state index in [1.54, 1.807) is 13.1 Å². The summed E-state index contributed by atoms with van der Waals surface area (Å²) in [6, 6.07) is 0. The molecule has 1 heterocycles. The Kier molecular flexibility index (Phi) is 4.59. The lowest BCUT2D eigenvalue weighted by atomic mass is 10.1. The number of likely N-dealkylation sites (tertiary alicyclic amines) is 1. The van der Waals surface area contributed by atoms with Crippen molar-refractivity contribution in [2.75, 3.05) is 26.7 Å². The summed E-state index contributed by atoms with van der Waals surface area (Å²) >= 11 is 0. The lowest BCUT2D eigenvalue weighted by Crippen LogP contribution is -2.36. The van der Waals surface area contributed by atoms with E-state index >= 15 is 0 Å². The van der Waals surface area contributed by atoms with Crippen LogP contribution in [0, 0.1) is 0 Å². The highest BCUT2D eigenvalue weighted by Gasteiger charge is 2.17. The van der Waals surface area contributed by atoms with E-state index in [4.69, 9.17) is 0 Å². The third-order valence-corrected chi connectivity index (χ3v) is 2.33. The second-order valence-corrected chi connectivity index (χ2v) is 3.52. The SMILES string of the molecule is CNC(=O)/C=C/CN1CCCC(F)C1. The molecule has 80 valence electrons. The van der Waals surface area contributed by atoms with E-state index in [0.29, 0.717) is 19.5 Å². The van der Waals surface area contributed by atoms with E-state index < -0.39 is 6.17 Å². The Balaban J connectivity index is 2.23. The van der Waals surface area contributed by atoms with Crippen molar-refractivity contribution < 1.29 is 9.18 Å². The van der Waals surface area contributed by atoms with E-state index in [1.165, 1.54) is 6.08 Å². The quantitative estimate of drug-likeness (QED) is 0.681. The highest BCUT2D eigenvalue weighted by atomic mass is 19.1. The molecule has 0 aliphatic carbocycles. The minimum Gasteiger partial charge on any atom is -0.356 e. The first-order chi connectivity index (χ1) is 6.72. The van der Waals surface area contributed by atoms with Gasteiger partial charge in [-0.1, -0.05) is 6.08 Å². The summed E-state index contributed by atoms with van der Waals surface area (Å²) in [4.78, 5) is 12.8. The van der Waals surface area contributed by atoms with Crippen LogP contribution in [0.25, 0.3) is 0 Å². The van der Waals surface area contributed by atoms with Crippen molar-refractivity contribution in [3.05, 3.63) is 12.2 Å². The number of carbonyl (C=O) groups is 1. The van der Waals surface area contributed by atoms with E-state index in [0.717, 1.165) is 13.0 Å². The molecule has 1 fully saturated rings. The average Bonchev–Trinajstić information content (AvgIpc) is 2.17. The molecule has 0 aromatic carbocycles. The monoisotopic (exact) mass is 200 g/mol. The number of nitrogens with zero attached hydrogens (tertiary/aromatic N) is 1. The first-order valence-electron chi connectivity index (χ1n) is 4.97. The summed E-state index contributed by atoms with van der Waals surface area (Å²) < 4.78 is 12.9. The zero-order valence-electron chi connectivity index (χ0n) is 8.50. The maximum absolute atomic E-state index is 12.9. The van der Waals surface area contributed by atoms with Gasteiger partial charge in [0.1, 0.15) is 6.17 Å². The molecule has 1 rings (SSSR count). The number of alkyl halides is 1. The third-order valence-electron chi connectivity index (χ3n) is 2.33. The predicted molar refractivity (Wildman–Crippen MR) is 53.8 cm³/mol. The Morgan fingerprint density at radius 3 is 3.14 bits per heavy atom. The van der Waals surface area contributed by atoms with Crippen LogP contribution >= 0.6 is 0 Å². The molecule has 1 amide bonds. The lowest BCUT2D eigenvalue weighted by Gasteiger charge is -2.27. The number of likely N-dealkylation sites (N-methyl/N-ethyl adjacent to an activating group) is 1. The number of hydrogen-bond donors (Lipinski definition) is 1. The molecule has 1 unspecified atom stereocenters. The van der Waals surface area contributed by atoms with Crippen LogP contribution in [0.2, 0.25) is 0 Å². The zero-order valence-corrected chi connectivity index (χ0v) is 8.50. The fourth-order valence-corrected chi connectivity index (χ4v) is 1.56. The number of rotatable bonds is 3. The second kappa shape index (κ2) is 5.75. The number of amides is 1. The smallest absolute Gasteiger partial charge is 0.243 e. The van der Waals surface area contributed by atoms with E-state index in [1.807, 2.05) is 4.90 Å². The molecule has 3 nitrogen and oxygen atoms in total. The van der Waals surface area contributed by atoms with Gasteiger partial charge in [0.15, 0.2) is 0 Å². The molecular formula is C10H17FN2O. The lowest BCUT2D eigenvalue weighted by molar-refractivity contribution is -0.116. The molecule has 1 aliphatic rings. The molecular weight excluding hydrogens is 183 g/mol.